The van der Waals surface area contributed by atoms with E-state index in [0.717, 1.165) is 10.8 Å². The highest BCUT2D eigenvalue weighted by molar-refractivity contribution is 6.13. The summed E-state index contributed by atoms with van der Waals surface area (Å²) in [5.74, 6) is -5.06. The first-order valence-corrected chi connectivity index (χ1v) is 10.9. The normalized spacial score (nSPS) is 11.3. The molecule has 0 aliphatic carbocycles. The molecule has 0 fully saturated rings. The fourth-order valence-corrected chi connectivity index (χ4v) is 4.41. The Kier molecular flexibility index (Phi) is 6.30. The van der Waals surface area contributed by atoms with Crippen molar-refractivity contribution < 1.29 is 29.4 Å². The molecule has 0 N–H and O–H groups in total. The van der Waals surface area contributed by atoms with Gasteiger partial charge in [0.2, 0.25) is 0 Å². The molecule has 0 unspecified atom stereocenters. The summed E-state index contributed by atoms with van der Waals surface area (Å²) in [4.78, 5) is 51.0. The molecule has 6 heteroatoms. The molecule has 0 amide bonds. The minimum absolute atomic E-state index is 0.206. The third-order valence-corrected chi connectivity index (χ3v) is 6.32. The number of carbonyl (C=O) groups excluding carboxylic acids is 4. The van der Waals surface area contributed by atoms with E-state index in [2.05, 4.69) is 6.58 Å². The number of benzene rings is 4. The molecular weight excluding hydrogens is 444 g/mol. The predicted molar refractivity (Wildman–Crippen MR) is 127 cm³/mol. The van der Waals surface area contributed by atoms with Crippen LogP contribution in [0.2, 0.25) is 0 Å². The van der Waals surface area contributed by atoms with Crippen molar-refractivity contribution in [2.75, 3.05) is 0 Å². The molecule has 174 valence electrons. The van der Waals surface area contributed by atoms with Crippen LogP contribution in [0, 0.1) is 5.41 Å². The van der Waals surface area contributed by atoms with Crippen molar-refractivity contribution in [1.29, 1.82) is 0 Å². The van der Waals surface area contributed by atoms with Crippen LogP contribution >= 0.6 is 0 Å². The second-order valence-electron chi connectivity index (χ2n) is 8.39. The summed E-state index contributed by atoms with van der Waals surface area (Å²) in [6, 6.07) is 24.0. The van der Waals surface area contributed by atoms with Gasteiger partial charge in [0.1, 0.15) is 0 Å². The van der Waals surface area contributed by atoms with Gasteiger partial charge < -0.3 is 19.8 Å². The molecule has 0 aliphatic rings. The summed E-state index contributed by atoms with van der Waals surface area (Å²) in [5.41, 5.74) is -2.98. The first kappa shape index (κ1) is 23.6. The third-order valence-electron chi connectivity index (χ3n) is 6.32. The van der Waals surface area contributed by atoms with Gasteiger partial charge in [0.05, 0.1) is 17.4 Å². The number of ketones is 2. The fraction of sp³-hybridized carbons (Fsp3) is 0.103. The predicted octanol–water partition coefficient (Wildman–Crippen LogP) is 2.88. The largest absolute Gasteiger partial charge is 0.549 e. The van der Waals surface area contributed by atoms with Gasteiger partial charge in [0, 0.05) is 24.0 Å². The Morgan fingerprint density at radius 1 is 0.629 bits per heavy atom. The lowest BCUT2D eigenvalue weighted by Gasteiger charge is -2.36. The van der Waals surface area contributed by atoms with Gasteiger partial charge in [-0.2, -0.15) is 0 Å². The number of hydrogen-bond acceptors (Lipinski definition) is 6. The summed E-state index contributed by atoms with van der Waals surface area (Å²) >= 11 is 0. The number of rotatable bonds is 9. The number of carboxylic acid groups (broad SMARTS) is 2. The van der Waals surface area contributed by atoms with Crippen molar-refractivity contribution in [2.45, 2.75) is 12.8 Å². The maximum Gasteiger partial charge on any atom is 0.164 e. The van der Waals surface area contributed by atoms with Gasteiger partial charge in [0.15, 0.2) is 11.6 Å². The topological polar surface area (TPSA) is 114 Å². The Balaban J connectivity index is 1.79. The Labute approximate surface area is 201 Å². The molecule has 0 spiro atoms. The zero-order chi connectivity index (χ0) is 25.2. The van der Waals surface area contributed by atoms with Crippen LogP contribution in [0.5, 0.6) is 0 Å². The van der Waals surface area contributed by atoms with Crippen LogP contribution in [0.25, 0.3) is 21.5 Å². The van der Waals surface area contributed by atoms with Gasteiger partial charge in [0.25, 0.3) is 0 Å². The molecule has 35 heavy (non-hydrogen) atoms. The van der Waals surface area contributed by atoms with Crippen molar-refractivity contribution in [1.82, 2.24) is 0 Å². The molecule has 0 radical (unpaired) electrons. The van der Waals surface area contributed by atoms with Crippen LogP contribution < -0.4 is 10.2 Å². The lowest BCUT2D eigenvalue weighted by atomic mass is 9.71. The van der Waals surface area contributed by atoms with Crippen molar-refractivity contribution in [2.24, 2.45) is 5.41 Å². The van der Waals surface area contributed by atoms with Crippen molar-refractivity contribution in [3.05, 3.63) is 108 Å². The Bertz CT molecular complexity index is 1410. The van der Waals surface area contributed by atoms with Gasteiger partial charge in [-0.25, -0.2) is 0 Å². The number of fused-ring (bicyclic) bond motifs is 2. The summed E-state index contributed by atoms with van der Waals surface area (Å²) in [6.45, 7) is 3.38. The molecule has 0 saturated carbocycles. The standard InChI is InChI=1S/C29H22O6/c1-18(27(32)33)29(28(34)35,16-25(30)23-14-6-10-19-8-2-4-12-21(19)23)17-26(31)24-15-7-11-20-9-3-5-13-22(20)24/h2-15H,1,16-17H2,(H,32,33)(H,34,35)/p-2. The second-order valence-corrected chi connectivity index (χ2v) is 8.39. The van der Waals surface area contributed by atoms with E-state index < -0.39 is 47.3 Å². The van der Waals surface area contributed by atoms with E-state index >= 15 is 0 Å². The first-order valence-electron chi connectivity index (χ1n) is 10.9. The van der Waals surface area contributed by atoms with E-state index in [0.29, 0.717) is 10.8 Å². The average molecular weight is 464 g/mol. The number of carbonyl (C=O) groups is 4. The Morgan fingerprint density at radius 3 is 1.43 bits per heavy atom. The van der Waals surface area contributed by atoms with Crippen LogP contribution in [-0.2, 0) is 9.59 Å². The van der Waals surface area contributed by atoms with Crippen LogP contribution in [-0.4, -0.2) is 23.5 Å². The molecule has 0 aromatic heterocycles. The molecule has 0 aliphatic heterocycles. The third kappa shape index (κ3) is 4.34. The SMILES string of the molecule is C=C(C(=O)[O-])C(CC(=O)c1cccc2ccccc12)(CC(=O)c1cccc2ccccc12)C(=O)[O-]. The van der Waals surface area contributed by atoms with Crippen molar-refractivity contribution in [3.8, 4) is 0 Å². The molecule has 6 nitrogen and oxygen atoms in total. The Hall–Kier alpha value is -4.58. The second kappa shape index (κ2) is 9.35. The quantitative estimate of drug-likeness (QED) is 0.278. The van der Waals surface area contributed by atoms with Crippen LogP contribution in [0.3, 0.4) is 0 Å². The summed E-state index contributed by atoms with van der Waals surface area (Å²) in [7, 11) is 0. The number of carboxylic acids is 2. The van der Waals surface area contributed by atoms with Gasteiger partial charge in [-0.1, -0.05) is 91.5 Å². The summed E-state index contributed by atoms with van der Waals surface area (Å²) in [6.07, 6.45) is -1.65. The zero-order valence-electron chi connectivity index (χ0n) is 18.7. The van der Waals surface area contributed by atoms with Crippen molar-refractivity contribution >= 4 is 45.0 Å². The summed E-state index contributed by atoms with van der Waals surface area (Å²) < 4.78 is 0. The minimum Gasteiger partial charge on any atom is -0.549 e. The highest BCUT2D eigenvalue weighted by atomic mass is 16.4. The van der Waals surface area contributed by atoms with E-state index in [-0.39, 0.29) is 11.1 Å². The zero-order valence-corrected chi connectivity index (χ0v) is 18.7. The van der Waals surface area contributed by atoms with Gasteiger partial charge in [-0.3, -0.25) is 9.59 Å². The van der Waals surface area contributed by atoms with Crippen LogP contribution in [0.15, 0.2) is 97.1 Å². The molecule has 0 heterocycles. The molecule has 4 aromatic rings. The fourth-order valence-electron chi connectivity index (χ4n) is 4.41. The van der Waals surface area contributed by atoms with E-state index in [9.17, 15) is 29.4 Å². The van der Waals surface area contributed by atoms with Crippen molar-refractivity contribution in [3.63, 3.8) is 0 Å². The maximum atomic E-state index is 13.4. The van der Waals surface area contributed by atoms with E-state index in [1.807, 2.05) is 0 Å². The minimum atomic E-state index is -2.50. The van der Waals surface area contributed by atoms with Gasteiger partial charge >= 0.3 is 0 Å². The van der Waals surface area contributed by atoms with E-state index in [4.69, 9.17) is 0 Å². The van der Waals surface area contributed by atoms with E-state index in [1.165, 1.54) is 12.1 Å². The smallest absolute Gasteiger partial charge is 0.164 e. The highest BCUT2D eigenvalue weighted by Gasteiger charge is 2.41. The molecule has 0 bridgehead atoms. The molecule has 4 rings (SSSR count). The van der Waals surface area contributed by atoms with Crippen LogP contribution in [0.4, 0.5) is 0 Å². The molecule has 0 atom stereocenters. The molecule has 4 aromatic carbocycles. The summed E-state index contributed by atoms with van der Waals surface area (Å²) in [5, 5.41) is 26.9. The van der Waals surface area contributed by atoms with Crippen LogP contribution in [0.1, 0.15) is 33.6 Å². The lowest BCUT2D eigenvalue weighted by molar-refractivity contribution is -0.321. The number of hydrogen-bond donors (Lipinski definition) is 0. The van der Waals surface area contributed by atoms with E-state index in [1.54, 1.807) is 72.8 Å². The van der Waals surface area contributed by atoms with Gasteiger partial charge in [-0.05, 0) is 27.1 Å². The van der Waals surface area contributed by atoms with Gasteiger partial charge in [-0.15, -0.1) is 0 Å². The molecule has 0 saturated heterocycles. The maximum absolute atomic E-state index is 13.4. The number of aliphatic carboxylic acids is 2. The monoisotopic (exact) mass is 464 g/mol. The Morgan fingerprint density at radius 2 is 1.03 bits per heavy atom. The highest BCUT2D eigenvalue weighted by Crippen LogP contribution is 2.38. The lowest BCUT2D eigenvalue weighted by Crippen LogP contribution is -2.50. The first-order chi connectivity index (χ1) is 16.7. The molecular formula is C29H20O6-2. The average Bonchev–Trinajstić information content (AvgIpc) is 2.86. The number of Topliss-reactive ketones (excluding diaryl/α,β-unsaturated/α-hetero) is 2.